The maximum Gasteiger partial charge on any atom is 0.258 e. The number of hydrogen-bond acceptors (Lipinski definition) is 5. The van der Waals surface area contributed by atoms with E-state index < -0.39 is 15.6 Å². The lowest BCUT2D eigenvalue weighted by atomic mass is 9.77. The molecule has 1 aliphatic carbocycles. The standard InChI is InChI=1S/C11H19N5O3S/c1-8-2-4-11(5-3-8,10(12)15-17)16-20(18,19)9-6-13-7-14-9/h6-8,16-17H,2-5H2,1H3,(H2,12,15)(H,13,14). The van der Waals surface area contributed by atoms with Crippen LogP contribution in [-0.4, -0.2) is 35.0 Å². The van der Waals surface area contributed by atoms with Crippen molar-refractivity contribution in [2.24, 2.45) is 16.8 Å². The zero-order chi connectivity index (χ0) is 14.8. The van der Waals surface area contributed by atoms with Gasteiger partial charge in [-0.1, -0.05) is 12.1 Å². The molecule has 1 aliphatic rings. The first-order chi connectivity index (χ1) is 9.39. The summed E-state index contributed by atoms with van der Waals surface area (Å²) in [5, 5.41) is 11.9. The predicted octanol–water partition coefficient (Wildman–Crippen LogP) is 0.383. The zero-order valence-electron chi connectivity index (χ0n) is 11.2. The van der Waals surface area contributed by atoms with E-state index in [-0.39, 0.29) is 10.9 Å². The number of aromatic nitrogens is 2. The van der Waals surface area contributed by atoms with E-state index in [0.717, 1.165) is 12.8 Å². The van der Waals surface area contributed by atoms with E-state index in [9.17, 15) is 8.42 Å². The minimum atomic E-state index is -3.79. The summed E-state index contributed by atoms with van der Waals surface area (Å²) >= 11 is 0. The topological polar surface area (TPSA) is 133 Å². The average Bonchev–Trinajstić information content (AvgIpc) is 2.95. The van der Waals surface area contributed by atoms with Crippen LogP contribution in [0.5, 0.6) is 0 Å². The molecule has 0 bridgehead atoms. The highest BCUT2D eigenvalue weighted by Gasteiger charge is 2.42. The number of nitrogens with zero attached hydrogens (tertiary/aromatic N) is 2. The maximum absolute atomic E-state index is 12.3. The van der Waals surface area contributed by atoms with Crippen LogP contribution < -0.4 is 10.5 Å². The van der Waals surface area contributed by atoms with Crippen LogP contribution in [0.25, 0.3) is 0 Å². The molecule has 0 spiro atoms. The van der Waals surface area contributed by atoms with Gasteiger partial charge in [-0.05, 0) is 31.6 Å². The molecule has 0 amide bonds. The molecular formula is C11H19N5O3S. The number of nitrogens with one attached hydrogen (secondary N) is 2. The van der Waals surface area contributed by atoms with Gasteiger partial charge in [-0.3, -0.25) is 0 Å². The first kappa shape index (κ1) is 14.8. The second-order valence-electron chi connectivity index (χ2n) is 5.27. The van der Waals surface area contributed by atoms with E-state index >= 15 is 0 Å². The third-order valence-corrected chi connectivity index (χ3v) is 5.28. The highest BCUT2D eigenvalue weighted by Crippen LogP contribution is 2.33. The van der Waals surface area contributed by atoms with Gasteiger partial charge in [-0.25, -0.2) is 13.4 Å². The van der Waals surface area contributed by atoms with Gasteiger partial charge in [-0.15, -0.1) is 0 Å². The molecule has 0 aliphatic heterocycles. The first-order valence-corrected chi connectivity index (χ1v) is 7.88. The molecule has 9 heteroatoms. The van der Waals surface area contributed by atoms with E-state index in [0.29, 0.717) is 18.8 Å². The van der Waals surface area contributed by atoms with Crippen LogP contribution in [0.3, 0.4) is 0 Å². The van der Waals surface area contributed by atoms with Crippen molar-refractivity contribution >= 4 is 15.9 Å². The third-order valence-electron chi connectivity index (χ3n) is 3.82. The maximum atomic E-state index is 12.3. The molecule has 5 N–H and O–H groups in total. The fraction of sp³-hybridized carbons (Fsp3) is 0.636. The Labute approximate surface area is 117 Å². The fourth-order valence-electron chi connectivity index (χ4n) is 2.46. The third kappa shape index (κ3) is 2.78. The first-order valence-electron chi connectivity index (χ1n) is 6.40. The van der Waals surface area contributed by atoms with Gasteiger partial charge in [0.2, 0.25) is 0 Å². The summed E-state index contributed by atoms with van der Waals surface area (Å²) in [7, 11) is -3.79. The number of aromatic amines is 1. The van der Waals surface area contributed by atoms with Crippen molar-refractivity contribution in [1.82, 2.24) is 14.7 Å². The Morgan fingerprint density at radius 3 is 2.75 bits per heavy atom. The van der Waals surface area contributed by atoms with Gasteiger partial charge in [-0.2, -0.15) is 4.72 Å². The van der Waals surface area contributed by atoms with E-state index in [1.54, 1.807) is 0 Å². The SMILES string of the molecule is CC1CCC(NS(=O)(=O)c2cnc[nH]2)(C(N)=NO)CC1. The van der Waals surface area contributed by atoms with Gasteiger partial charge in [0.1, 0.15) is 0 Å². The van der Waals surface area contributed by atoms with E-state index in [1.807, 2.05) is 0 Å². The predicted molar refractivity (Wildman–Crippen MR) is 72.7 cm³/mol. The smallest absolute Gasteiger partial charge is 0.258 e. The molecule has 1 aromatic rings. The van der Waals surface area contributed by atoms with Crippen LogP contribution in [0.15, 0.2) is 22.7 Å². The number of H-pyrrole nitrogens is 1. The second-order valence-corrected chi connectivity index (χ2v) is 6.92. The second kappa shape index (κ2) is 5.41. The van der Waals surface area contributed by atoms with Crippen LogP contribution in [0.1, 0.15) is 32.6 Å². The molecule has 20 heavy (non-hydrogen) atoms. The molecule has 1 heterocycles. The molecule has 8 nitrogen and oxygen atoms in total. The Balaban J connectivity index is 2.30. The van der Waals surface area contributed by atoms with Crippen LogP contribution in [0, 0.1) is 5.92 Å². The van der Waals surface area contributed by atoms with Gasteiger partial charge in [0.25, 0.3) is 10.0 Å². The lowest BCUT2D eigenvalue weighted by Crippen LogP contribution is -2.59. The molecular weight excluding hydrogens is 282 g/mol. The van der Waals surface area contributed by atoms with Crippen molar-refractivity contribution in [2.45, 2.75) is 43.2 Å². The van der Waals surface area contributed by atoms with Gasteiger partial charge < -0.3 is 15.9 Å². The quantitative estimate of drug-likeness (QED) is 0.276. The summed E-state index contributed by atoms with van der Waals surface area (Å²) in [6.07, 6.45) is 5.11. The summed E-state index contributed by atoms with van der Waals surface area (Å²) in [5.74, 6) is 0.388. The number of hydrogen-bond donors (Lipinski definition) is 4. The minimum absolute atomic E-state index is 0.0405. The number of sulfonamides is 1. The van der Waals surface area contributed by atoms with Gasteiger partial charge in [0, 0.05) is 0 Å². The number of nitrogens with two attached hydrogens (primary N) is 1. The molecule has 1 saturated carbocycles. The van der Waals surface area contributed by atoms with Crippen LogP contribution in [0.4, 0.5) is 0 Å². The Kier molecular flexibility index (Phi) is 4.00. The van der Waals surface area contributed by atoms with Gasteiger partial charge in [0.15, 0.2) is 10.9 Å². The summed E-state index contributed by atoms with van der Waals surface area (Å²) in [4.78, 5) is 6.24. The molecule has 1 aromatic heterocycles. The zero-order valence-corrected chi connectivity index (χ0v) is 12.0. The number of imidazole rings is 1. The molecule has 1 fully saturated rings. The number of rotatable bonds is 4. The van der Waals surface area contributed by atoms with Crippen molar-refractivity contribution < 1.29 is 13.6 Å². The van der Waals surface area contributed by atoms with Gasteiger partial charge >= 0.3 is 0 Å². The molecule has 0 atom stereocenters. The van der Waals surface area contributed by atoms with Crippen molar-refractivity contribution in [3.05, 3.63) is 12.5 Å². The van der Waals surface area contributed by atoms with Crippen LogP contribution in [-0.2, 0) is 10.0 Å². The van der Waals surface area contributed by atoms with Crippen molar-refractivity contribution in [3.63, 3.8) is 0 Å². The highest BCUT2D eigenvalue weighted by molar-refractivity contribution is 7.89. The Morgan fingerprint density at radius 1 is 1.60 bits per heavy atom. The van der Waals surface area contributed by atoms with E-state index in [4.69, 9.17) is 10.9 Å². The normalized spacial score (nSPS) is 28.4. The summed E-state index contributed by atoms with van der Waals surface area (Å²) < 4.78 is 27.2. The largest absolute Gasteiger partial charge is 0.409 e. The Morgan fingerprint density at radius 2 is 2.25 bits per heavy atom. The van der Waals surface area contributed by atoms with Crippen LogP contribution in [0.2, 0.25) is 0 Å². The average molecular weight is 301 g/mol. The fourth-order valence-corrected chi connectivity index (χ4v) is 3.80. The highest BCUT2D eigenvalue weighted by atomic mass is 32.2. The monoisotopic (exact) mass is 301 g/mol. The number of oxime groups is 1. The van der Waals surface area contributed by atoms with E-state index in [1.165, 1.54) is 12.5 Å². The lowest BCUT2D eigenvalue weighted by Gasteiger charge is -2.38. The summed E-state index contributed by atoms with van der Waals surface area (Å²) in [6.45, 7) is 2.10. The molecule has 0 aromatic carbocycles. The van der Waals surface area contributed by atoms with Crippen molar-refractivity contribution in [1.29, 1.82) is 0 Å². The summed E-state index contributed by atoms with van der Waals surface area (Å²) in [6, 6.07) is 0. The minimum Gasteiger partial charge on any atom is -0.409 e. The van der Waals surface area contributed by atoms with E-state index in [2.05, 4.69) is 26.8 Å². The molecule has 0 unspecified atom stereocenters. The number of amidine groups is 1. The molecule has 112 valence electrons. The van der Waals surface area contributed by atoms with Crippen molar-refractivity contribution in [2.75, 3.05) is 0 Å². The molecule has 2 rings (SSSR count). The Bertz CT molecular complexity index is 573. The Hall–Kier alpha value is -1.61. The van der Waals surface area contributed by atoms with Crippen LogP contribution >= 0.6 is 0 Å². The molecule has 0 saturated heterocycles. The van der Waals surface area contributed by atoms with Gasteiger partial charge in [0.05, 0.1) is 18.1 Å². The molecule has 0 radical (unpaired) electrons. The van der Waals surface area contributed by atoms with Crippen molar-refractivity contribution in [3.8, 4) is 0 Å². The summed E-state index contributed by atoms with van der Waals surface area (Å²) in [5.41, 5.74) is 4.70. The lowest BCUT2D eigenvalue weighted by molar-refractivity contribution is 0.266.